The summed E-state index contributed by atoms with van der Waals surface area (Å²) in [6.45, 7) is -0.346. The number of hydrogen-bond donors (Lipinski definition) is 1. The summed E-state index contributed by atoms with van der Waals surface area (Å²) in [5.41, 5.74) is 0. The molecule has 0 saturated carbocycles. The van der Waals surface area contributed by atoms with Crippen LogP contribution in [0, 0.1) is 18.2 Å². The van der Waals surface area contributed by atoms with Crippen LogP contribution in [-0.2, 0) is 9.53 Å². The second-order valence-electron chi connectivity index (χ2n) is 3.82. The second kappa shape index (κ2) is 6.17. The lowest BCUT2D eigenvalue weighted by molar-refractivity contribution is -0.123. The summed E-state index contributed by atoms with van der Waals surface area (Å²) in [6.07, 6.45) is 4.97. The van der Waals surface area contributed by atoms with Crippen molar-refractivity contribution in [2.75, 3.05) is 13.2 Å². The normalized spacial score (nSPS) is 10.0. The van der Waals surface area contributed by atoms with E-state index in [1.54, 1.807) is 12.1 Å². The van der Waals surface area contributed by atoms with Crippen LogP contribution in [-0.4, -0.2) is 25.0 Å². The number of rotatable bonds is 4. The highest BCUT2D eigenvalue weighted by Gasteiger charge is 2.14. The largest absolute Gasteiger partial charge is 0.451 e. The van der Waals surface area contributed by atoms with E-state index in [0.29, 0.717) is 10.1 Å². The Kier molecular flexibility index (Phi) is 4.33. The molecule has 1 aromatic carbocycles. The fraction of sp³-hybridized carbons (Fsp3) is 0.143. The zero-order valence-electron chi connectivity index (χ0n) is 10.3. The Morgan fingerprint density at radius 1 is 1.45 bits per heavy atom. The van der Waals surface area contributed by atoms with Gasteiger partial charge in [-0.15, -0.1) is 17.8 Å². The molecule has 0 atom stereocenters. The van der Waals surface area contributed by atoms with Crippen LogP contribution in [0.3, 0.4) is 0 Å². The quantitative estimate of drug-likeness (QED) is 0.692. The average molecular weight is 291 g/mol. The molecule has 0 spiro atoms. The SMILES string of the molecule is C#CCNC(=O)COC(=O)c1cc2c(F)cccc2s1. The number of halogens is 1. The highest BCUT2D eigenvalue weighted by molar-refractivity contribution is 7.20. The minimum absolute atomic E-state index is 0.0739. The molecule has 1 heterocycles. The first-order valence-corrected chi connectivity index (χ1v) is 6.49. The minimum atomic E-state index is -0.665. The monoisotopic (exact) mass is 291 g/mol. The third kappa shape index (κ3) is 3.13. The number of esters is 1. The maximum Gasteiger partial charge on any atom is 0.348 e. The predicted octanol–water partition coefficient (Wildman–Crippen LogP) is 1.95. The van der Waals surface area contributed by atoms with Crippen LogP contribution in [0.1, 0.15) is 9.67 Å². The molecule has 0 aliphatic rings. The number of nitrogens with one attached hydrogen (secondary N) is 1. The van der Waals surface area contributed by atoms with Gasteiger partial charge in [-0.25, -0.2) is 9.18 Å². The zero-order chi connectivity index (χ0) is 14.5. The third-order valence-electron chi connectivity index (χ3n) is 2.43. The van der Waals surface area contributed by atoms with Crippen molar-refractivity contribution in [3.63, 3.8) is 0 Å². The van der Waals surface area contributed by atoms with Crippen LogP contribution in [0.5, 0.6) is 0 Å². The van der Waals surface area contributed by atoms with Crippen molar-refractivity contribution >= 4 is 33.3 Å². The van der Waals surface area contributed by atoms with Crippen LogP contribution in [0.2, 0.25) is 0 Å². The molecule has 4 nitrogen and oxygen atoms in total. The number of amides is 1. The van der Waals surface area contributed by atoms with E-state index in [1.807, 2.05) is 0 Å². The predicted molar refractivity (Wildman–Crippen MR) is 73.9 cm³/mol. The summed E-state index contributed by atoms with van der Waals surface area (Å²) < 4.78 is 19.0. The molecule has 0 unspecified atom stereocenters. The van der Waals surface area contributed by atoms with E-state index in [9.17, 15) is 14.0 Å². The number of ether oxygens (including phenoxy) is 1. The summed E-state index contributed by atoms with van der Waals surface area (Å²) in [5.74, 6) is 0.683. The first-order chi connectivity index (χ1) is 9.61. The van der Waals surface area contributed by atoms with Gasteiger partial charge in [-0.1, -0.05) is 12.0 Å². The van der Waals surface area contributed by atoms with E-state index >= 15 is 0 Å². The Bertz CT molecular complexity index is 702. The molecule has 2 aromatic rings. The van der Waals surface area contributed by atoms with Gasteiger partial charge in [0.25, 0.3) is 5.91 Å². The number of thiophene rings is 1. The van der Waals surface area contributed by atoms with E-state index in [4.69, 9.17) is 11.2 Å². The molecule has 2 rings (SSSR count). The van der Waals surface area contributed by atoms with E-state index in [2.05, 4.69) is 11.2 Å². The molecule has 1 N–H and O–H groups in total. The summed E-state index contributed by atoms with van der Waals surface area (Å²) in [7, 11) is 0. The first kappa shape index (κ1) is 14.0. The van der Waals surface area contributed by atoms with Crippen molar-refractivity contribution < 1.29 is 18.7 Å². The van der Waals surface area contributed by atoms with Crippen molar-refractivity contribution in [2.24, 2.45) is 0 Å². The lowest BCUT2D eigenvalue weighted by Gasteiger charge is -2.02. The number of carbonyl (C=O) groups excluding carboxylic acids is 2. The average Bonchev–Trinajstić information content (AvgIpc) is 2.88. The summed E-state index contributed by atoms with van der Waals surface area (Å²) >= 11 is 1.11. The number of carbonyl (C=O) groups is 2. The standard InChI is InChI=1S/C14H10FNO3S/c1-2-6-16-13(17)8-19-14(18)12-7-9-10(15)4-3-5-11(9)20-12/h1,3-5,7H,6,8H2,(H,16,17). The highest BCUT2D eigenvalue weighted by atomic mass is 32.1. The molecule has 0 aliphatic carbocycles. The van der Waals surface area contributed by atoms with Crippen molar-refractivity contribution in [3.8, 4) is 12.3 Å². The van der Waals surface area contributed by atoms with Crippen molar-refractivity contribution in [1.29, 1.82) is 0 Å². The van der Waals surface area contributed by atoms with Gasteiger partial charge in [0.1, 0.15) is 10.7 Å². The zero-order valence-corrected chi connectivity index (χ0v) is 11.1. The lowest BCUT2D eigenvalue weighted by Crippen LogP contribution is -2.28. The van der Waals surface area contributed by atoms with Gasteiger partial charge >= 0.3 is 5.97 Å². The van der Waals surface area contributed by atoms with Crippen LogP contribution in [0.4, 0.5) is 4.39 Å². The molecule has 1 aromatic heterocycles. The Labute approximate surface area is 118 Å². The number of benzene rings is 1. The smallest absolute Gasteiger partial charge is 0.348 e. The third-order valence-corrected chi connectivity index (χ3v) is 3.51. The van der Waals surface area contributed by atoms with Gasteiger partial charge in [-0.2, -0.15) is 0 Å². The van der Waals surface area contributed by atoms with Crippen molar-refractivity contribution in [2.45, 2.75) is 0 Å². The Balaban J connectivity index is 2.03. The Morgan fingerprint density at radius 3 is 2.95 bits per heavy atom. The van der Waals surface area contributed by atoms with Gasteiger partial charge < -0.3 is 10.1 Å². The molecule has 0 radical (unpaired) electrons. The van der Waals surface area contributed by atoms with E-state index in [1.165, 1.54) is 12.1 Å². The van der Waals surface area contributed by atoms with Gasteiger partial charge in [-0.05, 0) is 18.2 Å². The van der Waals surface area contributed by atoms with E-state index < -0.39 is 24.3 Å². The molecule has 0 saturated heterocycles. The lowest BCUT2D eigenvalue weighted by atomic mass is 10.2. The summed E-state index contributed by atoms with van der Waals surface area (Å²) in [6, 6.07) is 6.00. The minimum Gasteiger partial charge on any atom is -0.451 e. The number of hydrogen-bond acceptors (Lipinski definition) is 4. The number of terminal acetylenes is 1. The number of fused-ring (bicyclic) bond motifs is 1. The Morgan fingerprint density at radius 2 is 2.25 bits per heavy atom. The summed E-state index contributed by atoms with van der Waals surface area (Å²) in [5, 5.41) is 2.73. The van der Waals surface area contributed by atoms with Gasteiger partial charge in [0.05, 0.1) is 6.54 Å². The van der Waals surface area contributed by atoms with Crippen molar-refractivity contribution in [3.05, 3.63) is 35.0 Å². The Hall–Kier alpha value is -2.39. The van der Waals surface area contributed by atoms with E-state index in [0.717, 1.165) is 11.3 Å². The molecule has 0 fully saturated rings. The molecule has 20 heavy (non-hydrogen) atoms. The van der Waals surface area contributed by atoms with Crippen LogP contribution in [0.15, 0.2) is 24.3 Å². The van der Waals surface area contributed by atoms with Crippen LogP contribution in [0.25, 0.3) is 10.1 Å². The van der Waals surface area contributed by atoms with Crippen LogP contribution < -0.4 is 5.32 Å². The first-order valence-electron chi connectivity index (χ1n) is 5.67. The molecule has 102 valence electrons. The topological polar surface area (TPSA) is 55.4 Å². The van der Waals surface area contributed by atoms with Crippen molar-refractivity contribution in [1.82, 2.24) is 5.32 Å². The molecule has 1 amide bonds. The van der Waals surface area contributed by atoms with Gasteiger partial charge in [-0.3, -0.25) is 4.79 Å². The fourth-order valence-corrected chi connectivity index (χ4v) is 2.50. The molecule has 6 heteroatoms. The fourth-order valence-electron chi connectivity index (χ4n) is 1.53. The molecular weight excluding hydrogens is 281 g/mol. The maximum atomic E-state index is 13.5. The molecular formula is C14H10FNO3S. The summed E-state index contributed by atoms with van der Waals surface area (Å²) in [4.78, 5) is 23.2. The second-order valence-corrected chi connectivity index (χ2v) is 4.90. The van der Waals surface area contributed by atoms with Gasteiger partial charge in [0.2, 0.25) is 0 Å². The molecule has 0 aliphatic heterocycles. The maximum absolute atomic E-state index is 13.5. The van der Waals surface area contributed by atoms with E-state index in [-0.39, 0.29) is 11.4 Å². The van der Waals surface area contributed by atoms with Gasteiger partial charge in [0.15, 0.2) is 6.61 Å². The highest BCUT2D eigenvalue weighted by Crippen LogP contribution is 2.27. The molecule has 0 bridgehead atoms. The van der Waals surface area contributed by atoms with Gasteiger partial charge in [0, 0.05) is 10.1 Å². The van der Waals surface area contributed by atoms with Crippen LogP contribution >= 0.6 is 11.3 Å².